The van der Waals surface area contributed by atoms with Crippen molar-refractivity contribution < 1.29 is 23.7 Å². The lowest BCUT2D eigenvalue weighted by Crippen LogP contribution is -2.40. The summed E-state index contributed by atoms with van der Waals surface area (Å²) in [5.41, 5.74) is 2.14. The number of hydrogen-bond donors (Lipinski definition) is 1. The largest absolute Gasteiger partial charge is 0.493 e. The summed E-state index contributed by atoms with van der Waals surface area (Å²) >= 11 is 0. The predicted octanol–water partition coefficient (Wildman–Crippen LogP) is 2.77. The molecule has 1 atom stereocenters. The second-order valence-electron chi connectivity index (χ2n) is 6.37. The van der Waals surface area contributed by atoms with Crippen molar-refractivity contribution >= 4 is 5.91 Å². The van der Waals surface area contributed by atoms with Gasteiger partial charge in [0.25, 0.3) is 5.91 Å². The molecule has 1 N–H and O–H groups in total. The molecule has 6 heteroatoms. The Morgan fingerprint density at radius 3 is 2.52 bits per heavy atom. The van der Waals surface area contributed by atoms with E-state index in [1.54, 1.807) is 13.2 Å². The molecule has 6 nitrogen and oxygen atoms in total. The Bertz CT molecular complexity index is 826. The van der Waals surface area contributed by atoms with Crippen LogP contribution in [0.1, 0.15) is 11.1 Å². The van der Waals surface area contributed by atoms with Crippen LogP contribution in [0.15, 0.2) is 42.5 Å². The highest BCUT2D eigenvalue weighted by Gasteiger charge is 2.18. The van der Waals surface area contributed by atoms with E-state index in [2.05, 4.69) is 11.2 Å². The van der Waals surface area contributed by atoms with Crippen LogP contribution >= 0.6 is 0 Å². The van der Waals surface area contributed by atoms with Crippen LogP contribution in [-0.4, -0.2) is 46.0 Å². The number of amides is 1. The minimum absolute atomic E-state index is 0.139. The van der Waals surface area contributed by atoms with Crippen LogP contribution in [0.2, 0.25) is 0 Å². The maximum Gasteiger partial charge on any atom is 0.252 e. The van der Waals surface area contributed by atoms with E-state index in [1.807, 2.05) is 43.3 Å². The van der Waals surface area contributed by atoms with Gasteiger partial charge in [0.05, 0.1) is 7.11 Å². The Morgan fingerprint density at radius 2 is 1.86 bits per heavy atom. The van der Waals surface area contributed by atoms with Gasteiger partial charge < -0.3 is 24.3 Å². The van der Waals surface area contributed by atoms with Crippen molar-refractivity contribution in [3.8, 4) is 29.6 Å². The third-order valence-corrected chi connectivity index (χ3v) is 4.25. The summed E-state index contributed by atoms with van der Waals surface area (Å²) in [6, 6.07) is 13.2. The molecule has 0 heterocycles. The van der Waals surface area contributed by atoms with Gasteiger partial charge in [0, 0.05) is 13.7 Å². The number of aryl methyl sites for hydroxylation is 1. The zero-order valence-electron chi connectivity index (χ0n) is 17.1. The molecule has 1 amide bonds. The molecule has 0 aliphatic carbocycles. The fraction of sp³-hybridized carbons (Fsp3) is 0.348. The van der Waals surface area contributed by atoms with E-state index in [0.717, 1.165) is 11.1 Å². The summed E-state index contributed by atoms with van der Waals surface area (Å²) in [5.74, 6) is 4.09. The fourth-order valence-electron chi connectivity index (χ4n) is 2.61. The number of hydrogen-bond acceptors (Lipinski definition) is 5. The zero-order chi connectivity index (χ0) is 21.1. The second kappa shape index (κ2) is 11.6. The Morgan fingerprint density at radius 1 is 1.10 bits per heavy atom. The van der Waals surface area contributed by atoms with Gasteiger partial charge in [-0.3, -0.25) is 4.79 Å². The lowest BCUT2D eigenvalue weighted by Gasteiger charge is -2.16. The summed E-state index contributed by atoms with van der Waals surface area (Å²) in [5, 5.41) is 2.87. The summed E-state index contributed by atoms with van der Waals surface area (Å²) in [6.07, 6.45) is 5.16. The summed E-state index contributed by atoms with van der Waals surface area (Å²) in [4.78, 5) is 12.4. The Labute approximate surface area is 172 Å². The number of carbonyl (C=O) groups excluding carboxylic acids is 1. The number of nitrogens with one attached hydrogen (secondary N) is 1. The van der Waals surface area contributed by atoms with Crippen LogP contribution in [0.3, 0.4) is 0 Å². The van der Waals surface area contributed by atoms with Gasteiger partial charge >= 0.3 is 0 Å². The number of carbonyl (C=O) groups is 1. The molecule has 0 radical (unpaired) electrons. The normalized spacial score (nSPS) is 11.2. The number of methoxy groups -OCH3 is 2. The van der Waals surface area contributed by atoms with Gasteiger partial charge in [-0.1, -0.05) is 29.7 Å². The first-order valence-corrected chi connectivity index (χ1v) is 9.30. The molecule has 0 aromatic heterocycles. The van der Waals surface area contributed by atoms with E-state index in [-0.39, 0.29) is 19.1 Å². The van der Waals surface area contributed by atoms with E-state index >= 15 is 0 Å². The van der Waals surface area contributed by atoms with Gasteiger partial charge in [0.15, 0.2) is 17.6 Å². The van der Waals surface area contributed by atoms with Gasteiger partial charge in [-0.2, -0.15) is 0 Å². The summed E-state index contributed by atoms with van der Waals surface area (Å²) in [6.45, 7) is 2.77. The molecule has 0 aliphatic rings. The topological polar surface area (TPSA) is 66.0 Å². The molecular weight excluding hydrogens is 370 g/mol. The van der Waals surface area contributed by atoms with Crippen LogP contribution < -0.4 is 19.5 Å². The Kier molecular flexibility index (Phi) is 8.87. The second-order valence-corrected chi connectivity index (χ2v) is 6.37. The zero-order valence-corrected chi connectivity index (χ0v) is 17.1. The van der Waals surface area contributed by atoms with Gasteiger partial charge in [0.1, 0.15) is 19.0 Å². The van der Waals surface area contributed by atoms with Crippen LogP contribution in [0.5, 0.6) is 17.2 Å². The number of benzene rings is 2. The molecule has 0 aliphatic heterocycles. The van der Waals surface area contributed by atoms with E-state index in [1.165, 1.54) is 7.11 Å². The van der Waals surface area contributed by atoms with Gasteiger partial charge in [-0.05, 0) is 43.2 Å². The molecule has 1 unspecified atom stereocenters. The molecule has 0 saturated carbocycles. The molecule has 0 saturated heterocycles. The highest BCUT2D eigenvalue weighted by molar-refractivity contribution is 5.80. The molecule has 0 bridgehead atoms. The fourth-order valence-corrected chi connectivity index (χ4v) is 2.61. The number of rotatable bonds is 11. The van der Waals surface area contributed by atoms with Crippen LogP contribution in [0, 0.1) is 19.3 Å². The maximum atomic E-state index is 12.4. The number of terminal acetylenes is 1. The van der Waals surface area contributed by atoms with Crippen molar-refractivity contribution in [2.45, 2.75) is 19.4 Å². The molecule has 2 aromatic rings. The van der Waals surface area contributed by atoms with Crippen LogP contribution in [0.25, 0.3) is 0 Å². The molecule has 0 spiro atoms. The molecule has 29 heavy (non-hydrogen) atoms. The van der Waals surface area contributed by atoms with Crippen LogP contribution in [-0.2, 0) is 16.0 Å². The van der Waals surface area contributed by atoms with E-state index in [9.17, 15) is 4.79 Å². The Hall–Kier alpha value is -3.17. The van der Waals surface area contributed by atoms with Gasteiger partial charge in [-0.25, -0.2) is 0 Å². The molecule has 0 fully saturated rings. The van der Waals surface area contributed by atoms with Crippen molar-refractivity contribution in [3.05, 3.63) is 53.6 Å². The average Bonchev–Trinajstić information content (AvgIpc) is 2.74. The van der Waals surface area contributed by atoms with E-state index in [4.69, 9.17) is 25.4 Å². The lowest BCUT2D eigenvalue weighted by molar-refractivity contribution is -0.132. The van der Waals surface area contributed by atoms with Crippen molar-refractivity contribution in [2.75, 3.05) is 34.0 Å². The first-order valence-electron chi connectivity index (χ1n) is 9.30. The van der Waals surface area contributed by atoms with Crippen molar-refractivity contribution in [3.63, 3.8) is 0 Å². The predicted molar refractivity (Wildman–Crippen MR) is 112 cm³/mol. The highest BCUT2D eigenvalue weighted by atomic mass is 16.5. The third kappa shape index (κ3) is 7.05. The minimum Gasteiger partial charge on any atom is -0.493 e. The monoisotopic (exact) mass is 397 g/mol. The highest BCUT2D eigenvalue weighted by Crippen LogP contribution is 2.28. The average molecular weight is 397 g/mol. The van der Waals surface area contributed by atoms with Crippen molar-refractivity contribution in [1.82, 2.24) is 5.32 Å². The van der Waals surface area contributed by atoms with Gasteiger partial charge in [0.2, 0.25) is 0 Å². The standard InChI is InChI=1S/C23H27NO5/c1-5-14-28-20-11-8-18(15-21(20)26-3)12-13-24-23(25)22(27-4)16-29-19-9-6-17(2)7-10-19/h1,6-11,15,22H,12-14,16H2,2-4H3,(H,24,25). The van der Waals surface area contributed by atoms with Crippen molar-refractivity contribution in [2.24, 2.45) is 0 Å². The first kappa shape index (κ1) is 22.1. The molecule has 2 rings (SSSR count). The molecule has 2 aromatic carbocycles. The van der Waals surface area contributed by atoms with E-state index in [0.29, 0.717) is 30.2 Å². The minimum atomic E-state index is -0.689. The molecule has 154 valence electrons. The lowest BCUT2D eigenvalue weighted by atomic mass is 10.1. The van der Waals surface area contributed by atoms with Crippen LogP contribution in [0.4, 0.5) is 0 Å². The van der Waals surface area contributed by atoms with E-state index < -0.39 is 6.10 Å². The Balaban J connectivity index is 1.82. The SMILES string of the molecule is C#CCOc1ccc(CCNC(=O)C(COc2ccc(C)cc2)OC)cc1OC. The first-order chi connectivity index (χ1) is 14.1. The van der Waals surface area contributed by atoms with Crippen molar-refractivity contribution in [1.29, 1.82) is 0 Å². The smallest absolute Gasteiger partial charge is 0.252 e. The quantitative estimate of drug-likeness (QED) is 0.591. The van der Waals surface area contributed by atoms with Gasteiger partial charge in [-0.15, -0.1) is 6.42 Å². The summed E-state index contributed by atoms with van der Waals surface area (Å²) < 4.78 is 21.7. The maximum absolute atomic E-state index is 12.4. The summed E-state index contributed by atoms with van der Waals surface area (Å²) in [7, 11) is 3.06. The molecular formula is C23H27NO5. The third-order valence-electron chi connectivity index (χ3n) is 4.25. The number of ether oxygens (including phenoxy) is 4.